The van der Waals surface area contributed by atoms with Crippen LogP contribution in [0.2, 0.25) is 5.02 Å². The molecule has 2 fully saturated rings. The lowest BCUT2D eigenvalue weighted by Gasteiger charge is -2.43. The van der Waals surface area contributed by atoms with Crippen LogP contribution in [0.15, 0.2) is 12.3 Å². The molecule has 0 bridgehead atoms. The third-order valence-corrected chi connectivity index (χ3v) is 5.84. The lowest BCUT2D eigenvalue weighted by Crippen LogP contribution is -2.41. The minimum Gasteiger partial charge on any atom is -0.365 e. The summed E-state index contributed by atoms with van der Waals surface area (Å²) < 4.78 is 1.86. The maximum absolute atomic E-state index is 11.6. The van der Waals surface area contributed by atoms with Gasteiger partial charge < -0.3 is 10.3 Å². The number of pyridine rings is 1. The summed E-state index contributed by atoms with van der Waals surface area (Å²) in [4.78, 5) is 11.6. The number of aromatic nitrogens is 1. The van der Waals surface area contributed by atoms with Crippen molar-refractivity contribution in [3.63, 3.8) is 0 Å². The Bertz CT molecular complexity index is 643. The zero-order chi connectivity index (χ0) is 15.9. The van der Waals surface area contributed by atoms with Crippen LogP contribution in [0.3, 0.4) is 0 Å². The number of nitrogens with one attached hydrogen (secondary N) is 1. The van der Waals surface area contributed by atoms with Crippen LogP contribution in [0.4, 0.5) is 0 Å². The lowest BCUT2D eigenvalue weighted by molar-refractivity contribution is 0.0985. The van der Waals surface area contributed by atoms with Crippen LogP contribution < -0.4 is 11.2 Å². The van der Waals surface area contributed by atoms with E-state index in [1.165, 1.54) is 12.5 Å². The molecule has 2 aliphatic carbocycles. The molecule has 0 radical (unpaired) electrons. The van der Waals surface area contributed by atoms with E-state index in [1.807, 2.05) is 4.57 Å². The summed E-state index contributed by atoms with van der Waals surface area (Å²) in [6.07, 6.45) is 8.36. The number of rotatable bonds is 2. The van der Waals surface area contributed by atoms with Crippen molar-refractivity contribution in [1.82, 2.24) is 4.57 Å². The Morgan fingerprint density at radius 1 is 1.32 bits per heavy atom. The predicted octanol–water partition coefficient (Wildman–Crippen LogP) is 3.47. The third kappa shape index (κ3) is 2.91. The van der Waals surface area contributed by atoms with E-state index in [-0.39, 0.29) is 22.5 Å². The van der Waals surface area contributed by atoms with Crippen molar-refractivity contribution < 1.29 is 4.79 Å². The van der Waals surface area contributed by atoms with E-state index in [2.05, 4.69) is 0 Å². The molecule has 0 aromatic carbocycles. The molecule has 4 nitrogen and oxygen atoms in total. The molecule has 2 saturated carbocycles. The summed E-state index contributed by atoms with van der Waals surface area (Å²) in [5.74, 6) is 0.516. The van der Waals surface area contributed by atoms with E-state index in [9.17, 15) is 4.79 Å². The second-order valence-electron chi connectivity index (χ2n) is 6.52. The maximum atomic E-state index is 11.6. The predicted molar refractivity (Wildman–Crippen MR) is 87.2 cm³/mol. The van der Waals surface area contributed by atoms with E-state index in [1.54, 1.807) is 6.20 Å². The molecule has 2 aliphatic rings. The monoisotopic (exact) mass is 341 g/mol. The SMILES string of the molecule is N=c1c(C(N)=O)cc(Cl)cn1C1CCCC2CCC(Cl)CC21. The fraction of sp³-hybridized carbons (Fsp3) is 0.625. The number of nitrogens with zero attached hydrogens (tertiary/aromatic N) is 1. The Labute approximate surface area is 140 Å². The molecule has 3 rings (SSSR count). The molecule has 120 valence electrons. The van der Waals surface area contributed by atoms with Crippen molar-refractivity contribution in [2.75, 3.05) is 0 Å². The molecular formula is C16H21Cl2N3O. The zero-order valence-corrected chi connectivity index (χ0v) is 13.9. The van der Waals surface area contributed by atoms with Crippen LogP contribution >= 0.6 is 23.2 Å². The van der Waals surface area contributed by atoms with Gasteiger partial charge in [0.05, 0.1) is 10.6 Å². The van der Waals surface area contributed by atoms with Gasteiger partial charge >= 0.3 is 0 Å². The van der Waals surface area contributed by atoms with Crippen LogP contribution in [0, 0.1) is 17.2 Å². The Hall–Kier alpha value is -1.000. The number of primary amides is 1. The Morgan fingerprint density at radius 2 is 2.09 bits per heavy atom. The number of halogens is 2. The molecule has 1 aromatic heterocycles. The van der Waals surface area contributed by atoms with Gasteiger partial charge in [0.1, 0.15) is 5.49 Å². The molecule has 4 unspecified atom stereocenters. The van der Waals surface area contributed by atoms with E-state index in [4.69, 9.17) is 34.3 Å². The number of amides is 1. The Balaban J connectivity index is 2.02. The van der Waals surface area contributed by atoms with Crippen molar-refractivity contribution >= 4 is 29.1 Å². The summed E-state index contributed by atoms with van der Waals surface area (Å²) in [5.41, 5.74) is 5.74. The molecule has 3 N–H and O–H groups in total. The molecule has 1 aromatic rings. The highest BCUT2D eigenvalue weighted by atomic mass is 35.5. The van der Waals surface area contributed by atoms with Crippen molar-refractivity contribution in [2.45, 2.75) is 49.9 Å². The molecule has 0 aliphatic heterocycles. The summed E-state index contributed by atoms with van der Waals surface area (Å²) in [5, 5.41) is 9.00. The summed E-state index contributed by atoms with van der Waals surface area (Å²) in [7, 11) is 0. The van der Waals surface area contributed by atoms with Gasteiger partial charge in [0.25, 0.3) is 5.91 Å². The first-order valence-electron chi connectivity index (χ1n) is 7.87. The first-order chi connectivity index (χ1) is 10.5. The third-order valence-electron chi connectivity index (χ3n) is 5.23. The summed E-state index contributed by atoms with van der Waals surface area (Å²) in [6, 6.07) is 1.67. The van der Waals surface area contributed by atoms with Gasteiger partial charge in [0.15, 0.2) is 0 Å². The van der Waals surface area contributed by atoms with Gasteiger partial charge in [0.2, 0.25) is 0 Å². The van der Waals surface area contributed by atoms with E-state index in [0.29, 0.717) is 16.9 Å². The normalized spacial score (nSPS) is 31.5. The number of hydrogen-bond donors (Lipinski definition) is 2. The van der Waals surface area contributed by atoms with Crippen LogP contribution in [0.1, 0.15) is 54.9 Å². The highest BCUT2D eigenvalue weighted by Gasteiger charge is 2.38. The minimum atomic E-state index is -0.604. The first kappa shape index (κ1) is 15.9. The highest BCUT2D eigenvalue weighted by Crippen LogP contribution is 2.46. The number of alkyl halides is 1. The largest absolute Gasteiger partial charge is 0.365 e. The van der Waals surface area contributed by atoms with Gasteiger partial charge in [-0.25, -0.2) is 0 Å². The molecule has 4 atom stereocenters. The van der Waals surface area contributed by atoms with Gasteiger partial charge in [-0.1, -0.05) is 24.4 Å². The van der Waals surface area contributed by atoms with Crippen molar-refractivity contribution in [2.24, 2.45) is 17.6 Å². The second-order valence-corrected chi connectivity index (χ2v) is 7.58. The molecule has 1 heterocycles. The standard InChI is InChI=1S/C16H21Cl2N3O/c17-10-5-4-9-2-1-3-14(12(9)6-10)21-8-11(18)7-13(15(21)19)16(20)22/h7-10,12,14,19H,1-6H2,(H2,20,22). The maximum Gasteiger partial charge on any atom is 0.252 e. The summed E-state index contributed by atoms with van der Waals surface area (Å²) >= 11 is 12.5. The average Bonchev–Trinajstić information content (AvgIpc) is 2.48. The van der Waals surface area contributed by atoms with Crippen molar-refractivity contribution in [3.05, 3.63) is 28.3 Å². The quantitative estimate of drug-likeness (QED) is 0.794. The number of carbonyl (C=O) groups is 1. The topological polar surface area (TPSA) is 71.9 Å². The zero-order valence-electron chi connectivity index (χ0n) is 12.4. The van der Waals surface area contributed by atoms with Crippen LogP contribution in [-0.4, -0.2) is 15.9 Å². The van der Waals surface area contributed by atoms with Gasteiger partial charge in [-0.15, -0.1) is 11.6 Å². The van der Waals surface area contributed by atoms with E-state index >= 15 is 0 Å². The molecule has 0 spiro atoms. The molecule has 22 heavy (non-hydrogen) atoms. The second kappa shape index (κ2) is 6.25. The minimum absolute atomic E-state index is 0.166. The van der Waals surface area contributed by atoms with Crippen LogP contribution in [0.5, 0.6) is 0 Å². The van der Waals surface area contributed by atoms with Crippen molar-refractivity contribution in [1.29, 1.82) is 5.41 Å². The molecule has 0 saturated heterocycles. The summed E-state index contributed by atoms with van der Waals surface area (Å²) in [6.45, 7) is 0. The van der Waals surface area contributed by atoms with E-state index in [0.717, 1.165) is 32.1 Å². The number of carbonyl (C=O) groups excluding carboxylic acids is 1. The molecule has 6 heteroatoms. The van der Waals surface area contributed by atoms with Gasteiger partial charge in [-0.3, -0.25) is 10.2 Å². The number of hydrogen-bond acceptors (Lipinski definition) is 2. The van der Waals surface area contributed by atoms with Gasteiger partial charge in [-0.2, -0.15) is 0 Å². The number of fused-ring (bicyclic) bond motifs is 1. The Kier molecular flexibility index (Phi) is 4.51. The average molecular weight is 342 g/mol. The van der Waals surface area contributed by atoms with Crippen LogP contribution in [-0.2, 0) is 0 Å². The fourth-order valence-electron chi connectivity index (χ4n) is 4.22. The van der Waals surface area contributed by atoms with Gasteiger partial charge in [-0.05, 0) is 43.6 Å². The molecule has 1 amide bonds. The smallest absolute Gasteiger partial charge is 0.252 e. The molecular weight excluding hydrogens is 321 g/mol. The number of nitrogens with two attached hydrogens (primary N) is 1. The lowest BCUT2D eigenvalue weighted by atomic mass is 9.68. The first-order valence-corrected chi connectivity index (χ1v) is 8.69. The van der Waals surface area contributed by atoms with Crippen molar-refractivity contribution in [3.8, 4) is 0 Å². The fourth-order valence-corrected chi connectivity index (χ4v) is 4.77. The highest BCUT2D eigenvalue weighted by molar-refractivity contribution is 6.30. The van der Waals surface area contributed by atoms with E-state index < -0.39 is 5.91 Å². The Morgan fingerprint density at radius 3 is 2.82 bits per heavy atom. The van der Waals surface area contributed by atoms with Crippen LogP contribution in [0.25, 0.3) is 0 Å². The van der Waals surface area contributed by atoms with Gasteiger partial charge in [0, 0.05) is 17.6 Å².